The van der Waals surface area contributed by atoms with Crippen LogP contribution in [0.3, 0.4) is 0 Å². The fourth-order valence-electron chi connectivity index (χ4n) is 5.03. The number of carbonyl (C=O) groups is 2. The van der Waals surface area contributed by atoms with E-state index in [1.807, 2.05) is 53.9 Å². The Labute approximate surface area is 266 Å². The van der Waals surface area contributed by atoms with E-state index in [0.29, 0.717) is 44.4 Å². The Balaban J connectivity index is 1.43. The maximum absolute atomic E-state index is 13.7. The maximum atomic E-state index is 13.7. The van der Waals surface area contributed by atoms with E-state index >= 15 is 0 Å². The molecule has 1 aliphatic rings. The van der Waals surface area contributed by atoms with Gasteiger partial charge in [0.05, 0.1) is 17.3 Å². The lowest BCUT2D eigenvalue weighted by Gasteiger charge is -2.22. The van der Waals surface area contributed by atoms with Crippen molar-refractivity contribution in [3.8, 4) is 5.75 Å². The van der Waals surface area contributed by atoms with Crippen LogP contribution < -0.4 is 9.64 Å². The second-order valence-corrected chi connectivity index (χ2v) is 12.6. The predicted octanol–water partition coefficient (Wildman–Crippen LogP) is 6.94. The molecule has 2 aromatic carbocycles. The van der Waals surface area contributed by atoms with Crippen molar-refractivity contribution < 1.29 is 19.4 Å². The Hall–Kier alpha value is -4.45. The van der Waals surface area contributed by atoms with Crippen LogP contribution in [0, 0.1) is 13.8 Å². The van der Waals surface area contributed by atoms with Crippen LogP contribution in [0.1, 0.15) is 34.1 Å². The van der Waals surface area contributed by atoms with Gasteiger partial charge in [0.15, 0.2) is 10.1 Å². The number of hydrogen-bond donors (Lipinski definition) is 1. The number of ketones is 1. The number of ether oxygens (including phenoxy) is 1. The third-order valence-corrected chi connectivity index (χ3v) is 9.70. The standard InChI is InChI=1S/C32H26ClN5O4S2/c1-4-16-42-22-13-11-20(12-14-22)26-24(27(39)25-19(3)37-15-7-8-18(2)29(37)34-25)28(40)30(41)38(26)31-35-36-32(44-31)43-17-21-9-5-6-10-23(21)33/h4-15,26,39H,1,16-17H2,2-3H3. The minimum atomic E-state index is -0.983. The van der Waals surface area contributed by atoms with Crippen molar-refractivity contribution in [2.45, 2.75) is 30.0 Å². The fraction of sp³-hybridized carbons (Fsp3) is 0.156. The number of imidazole rings is 1. The molecule has 1 aliphatic heterocycles. The van der Waals surface area contributed by atoms with Crippen molar-refractivity contribution in [1.29, 1.82) is 0 Å². The number of aliphatic hydroxyl groups is 1. The van der Waals surface area contributed by atoms with Crippen LogP contribution in [0.15, 0.2) is 89.4 Å². The van der Waals surface area contributed by atoms with Gasteiger partial charge in [-0.05, 0) is 54.8 Å². The lowest BCUT2D eigenvalue weighted by atomic mass is 9.96. The van der Waals surface area contributed by atoms with Crippen LogP contribution in [-0.2, 0) is 15.3 Å². The summed E-state index contributed by atoms with van der Waals surface area (Å²) in [5.74, 6) is -0.879. The van der Waals surface area contributed by atoms with Gasteiger partial charge in [0.25, 0.3) is 5.78 Å². The molecule has 1 fully saturated rings. The number of aryl methyl sites for hydroxylation is 2. The van der Waals surface area contributed by atoms with E-state index in [9.17, 15) is 14.7 Å². The number of nitrogens with zero attached hydrogens (tertiary/aromatic N) is 5. The Kier molecular flexibility index (Phi) is 8.26. The number of amides is 1. The molecule has 222 valence electrons. The smallest absolute Gasteiger partial charge is 0.301 e. The zero-order valence-electron chi connectivity index (χ0n) is 23.7. The lowest BCUT2D eigenvalue weighted by molar-refractivity contribution is -0.132. The third kappa shape index (κ3) is 5.38. The molecule has 9 nitrogen and oxygen atoms in total. The molecule has 3 aromatic heterocycles. The highest BCUT2D eigenvalue weighted by Gasteiger charge is 2.49. The summed E-state index contributed by atoms with van der Waals surface area (Å²) in [5.41, 5.74) is 3.83. The molecule has 44 heavy (non-hydrogen) atoms. The summed E-state index contributed by atoms with van der Waals surface area (Å²) in [6.45, 7) is 7.71. The summed E-state index contributed by atoms with van der Waals surface area (Å²) in [4.78, 5) is 33.3. The van der Waals surface area contributed by atoms with Gasteiger partial charge in [-0.2, -0.15) is 0 Å². The fourth-order valence-corrected chi connectivity index (χ4v) is 7.19. The Morgan fingerprint density at radius 2 is 1.89 bits per heavy atom. The Bertz CT molecular complexity index is 1950. The molecule has 1 unspecified atom stereocenters. The van der Waals surface area contributed by atoms with E-state index < -0.39 is 17.7 Å². The zero-order valence-corrected chi connectivity index (χ0v) is 26.1. The van der Waals surface area contributed by atoms with E-state index in [2.05, 4.69) is 21.8 Å². The molecule has 1 N–H and O–H groups in total. The first kappa shape index (κ1) is 29.6. The number of thioether (sulfide) groups is 1. The van der Waals surface area contributed by atoms with Gasteiger partial charge in [-0.25, -0.2) is 4.98 Å². The first-order chi connectivity index (χ1) is 21.3. The number of aromatic nitrogens is 4. The number of rotatable bonds is 9. The van der Waals surface area contributed by atoms with Crippen molar-refractivity contribution in [3.63, 3.8) is 0 Å². The van der Waals surface area contributed by atoms with Crippen molar-refractivity contribution in [2.75, 3.05) is 11.5 Å². The molecule has 0 aliphatic carbocycles. The molecule has 4 heterocycles. The summed E-state index contributed by atoms with van der Waals surface area (Å²) >= 11 is 8.92. The van der Waals surface area contributed by atoms with Crippen LogP contribution in [-0.4, -0.2) is 43.0 Å². The van der Waals surface area contributed by atoms with E-state index in [1.165, 1.54) is 28.0 Å². The van der Waals surface area contributed by atoms with Gasteiger partial charge in [-0.1, -0.05) is 83.8 Å². The summed E-state index contributed by atoms with van der Waals surface area (Å²) < 4.78 is 8.07. The number of benzene rings is 2. The highest BCUT2D eigenvalue weighted by Crippen LogP contribution is 2.44. The van der Waals surface area contributed by atoms with Gasteiger partial charge in [0, 0.05) is 17.0 Å². The number of pyridine rings is 1. The molecule has 1 amide bonds. The molecule has 6 rings (SSSR count). The van der Waals surface area contributed by atoms with Crippen LogP contribution in [0.5, 0.6) is 5.75 Å². The van der Waals surface area contributed by atoms with Crippen molar-refractivity contribution in [1.82, 2.24) is 19.6 Å². The molecule has 0 bridgehead atoms. The number of anilines is 1. The Morgan fingerprint density at radius 1 is 1.11 bits per heavy atom. The van der Waals surface area contributed by atoms with Gasteiger partial charge in [-0.3, -0.25) is 14.5 Å². The highest BCUT2D eigenvalue weighted by molar-refractivity contribution is 8.00. The molecule has 0 spiro atoms. The molecule has 1 atom stereocenters. The molecular weight excluding hydrogens is 618 g/mol. The van der Waals surface area contributed by atoms with Gasteiger partial charge in [-0.15, -0.1) is 10.2 Å². The van der Waals surface area contributed by atoms with Crippen molar-refractivity contribution in [3.05, 3.63) is 118 Å². The third-order valence-electron chi connectivity index (χ3n) is 7.23. The first-order valence-electron chi connectivity index (χ1n) is 13.6. The molecular formula is C32H26ClN5O4S2. The number of fused-ring (bicyclic) bond motifs is 1. The summed E-state index contributed by atoms with van der Waals surface area (Å²) in [7, 11) is 0. The minimum absolute atomic E-state index is 0.0839. The van der Waals surface area contributed by atoms with E-state index in [0.717, 1.165) is 11.1 Å². The van der Waals surface area contributed by atoms with Crippen molar-refractivity contribution in [2.24, 2.45) is 0 Å². The quantitative estimate of drug-likeness (QED) is 0.0459. The lowest BCUT2D eigenvalue weighted by Crippen LogP contribution is -2.29. The second-order valence-electron chi connectivity index (χ2n) is 10.00. The zero-order chi connectivity index (χ0) is 31.0. The maximum Gasteiger partial charge on any atom is 0.301 e. The summed E-state index contributed by atoms with van der Waals surface area (Å²) in [6.07, 6.45) is 3.47. The van der Waals surface area contributed by atoms with E-state index in [4.69, 9.17) is 16.3 Å². The normalized spacial score (nSPS) is 16.2. The topological polar surface area (TPSA) is 110 Å². The van der Waals surface area contributed by atoms with Crippen LogP contribution in [0.25, 0.3) is 11.4 Å². The van der Waals surface area contributed by atoms with Gasteiger partial charge in [0.2, 0.25) is 5.13 Å². The van der Waals surface area contributed by atoms with Gasteiger partial charge < -0.3 is 14.2 Å². The SMILES string of the molecule is C=CCOc1ccc(C2C(=C(O)c3nc4c(C)cccn4c3C)C(=O)C(=O)N2c2nnc(SCc3ccccc3Cl)s2)cc1. The number of aliphatic hydroxyl groups excluding tert-OH is 1. The van der Waals surface area contributed by atoms with E-state index in [-0.39, 0.29) is 22.2 Å². The van der Waals surface area contributed by atoms with Gasteiger partial charge >= 0.3 is 5.91 Å². The van der Waals surface area contributed by atoms with Crippen LogP contribution in [0.4, 0.5) is 5.13 Å². The van der Waals surface area contributed by atoms with Crippen LogP contribution in [0.2, 0.25) is 5.02 Å². The average Bonchev–Trinajstić information content (AvgIpc) is 3.71. The first-order valence-corrected chi connectivity index (χ1v) is 15.8. The average molecular weight is 644 g/mol. The molecule has 0 saturated carbocycles. The van der Waals surface area contributed by atoms with Crippen molar-refractivity contribution >= 4 is 62.9 Å². The van der Waals surface area contributed by atoms with Gasteiger partial charge in [0.1, 0.15) is 23.7 Å². The molecule has 0 radical (unpaired) electrons. The number of halogens is 1. The largest absolute Gasteiger partial charge is 0.505 e. The highest BCUT2D eigenvalue weighted by atomic mass is 35.5. The molecule has 12 heteroatoms. The molecule has 5 aromatic rings. The number of Topliss-reactive ketones (excluding diaryl/α,β-unsaturated/α-hetero) is 1. The van der Waals surface area contributed by atoms with Crippen LogP contribution >= 0.6 is 34.7 Å². The number of carbonyl (C=O) groups excluding carboxylic acids is 2. The minimum Gasteiger partial charge on any atom is -0.505 e. The molecule has 1 saturated heterocycles. The predicted molar refractivity (Wildman–Crippen MR) is 173 cm³/mol. The number of hydrogen-bond acceptors (Lipinski definition) is 9. The van der Waals surface area contributed by atoms with E-state index in [1.54, 1.807) is 37.3 Å². The summed E-state index contributed by atoms with van der Waals surface area (Å²) in [6, 6.07) is 17.3. The summed E-state index contributed by atoms with van der Waals surface area (Å²) in [5, 5.41) is 21.2. The monoisotopic (exact) mass is 643 g/mol. The Morgan fingerprint density at radius 3 is 2.61 bits per heavy atom. The second kappa shape index (κ2) is 12.3.